The highest BCUT2D eigenvalue weighted by molar-refractivity contribution is 5.76. The number of carbonyl (C=O) groups is 1. The Kier molecular flexibility index (Phi) is 5.02. The summed E-state index contributed by atoms with van der Waals surface area (Å²) in [5.74, 6) is -0.0975. The number of piperazine rings is 1. The van der Waals surface area contributed by atoms with Crippen molar-refractivity contribution < 1.29 is 9.21 Å². The Labute approximate surface area is 163 Å². The van der Waals surface area contributed by atoms with Crippen LogP contribution < -0.4 is 10.7 Å². The van der Waals surface area contributed by atoms with E-state index in [0.29, 0.717) is 18.8 Å². The minimum Gasteiger partial charge on any atom is -0.408 e. The minimum absolute atomic E-state index is 0.000385. The second-order valence-electron chi connectivity index (χ2n) is 7.06. The van der Waals surface area contributed by atoms with E-state index < -0.39 is 5.76 Å². The molecule has 0 spiro atoms. The Morgan fingerprint density at radius 2 is 1.75 bits per heavy atom. The maximum Gasteiger partial charge on any atom is 0.419 e. The summed E-state index contributed by atoms with van der Waals surface area (Å²) in [4.78, 5) is 28.9. The third-order valence-electron chi connectivity index (χ3n) is 5.07. The molecule has 0 N–H and O–H groups in total. The number of anilines is 1. The van der Waals surface area contributed by atoms with E-state index in [1.807, 2.05) is 35.2 Å². The van der Waals surface area contributed by atoms with Crippen molar-refractivity contribution in [3.63, 3.8) is 0 Å². The lowest BCUT2D eigenvalue weighted by Gasteiger charge is -2.36. The molecule has 2 aromatic carbocycles. The van der Waals surface area contributed by atoms with Crippen LogP contribution >= 0.6 is 0 Å². The lowest BCUT2D eigenvalue weighted by molar-refractivity contribution is -0.132. The number of aromatic nitrogens is 1. The first kappa shape index (κ1) is 18.1. The maximum absolute atomic E-state index is 12.7. The fraction of sp³-hybridized carbons (Fsp3) is 0.273. The van der Waals surface area contributed by atoms with Gasteiger partial charge in [-0.2, -0.15) is 0 Å². The van der Waals surface area contributed by atoms with Crippen molar-refractivity contribution in [1.29, 1.82) is 0 Å². The smallest absolute Gasteiger partial charge is 0.408 e. The number of amides is 1. The van der Waals surface area contributed by atoms with Crippen LogP contribution in [0.3, 0.4) is 0 Å². The zero-order valence-corrected chi connectivity index (χ0v) is 15.9. The fourth-order valence-corrected chi connectivity index (χ4v) is 3.50. The molecule has 28 heavy (non-hydrogen) atoms. The van der Waals surface area contributed by atoms with Gasteiger partial charge in [0.25, 0.3) is 0 Å². The van der Waals surface area contributed by atoms with Crippen LogP contribution in [-0.2, 0) is 11.3 Å². The highest BCUT2D eigenvalue weighted by Crippen LogP contribution is 2.19. The van der Waals surface area contributed by atoms with Gasteiger partial charge in [-0.05, 0) is 24.6 Å². The molecular weight excluding hydrogens is 354 g/mol. The van der Waals surface area contributed by atoms with E-state index in [1.54, 1.807) is 6.20 Å². The Balaban J connectivity index is 1.39. The first-order valence-electron chi connectivity index (χ1n) is 9.45. The molecule has 1 aliphatic rings. The van der Waals surface area contributed by atoms with Crippen molar-refractivity contribution in [2.45, 2.75) is 13.5 Å². The van der Waals surface area contributed by atoms with E-state index in [2.05, 4.69) is 36.1 Å². The van der Waals surface area contributed by atoms with E-state index >= 15 is 0 Å². The summed E-state index contributed by atoms with van der Waals surface area (Å²) < 4.78 is 6.65. The zero-order valence-electron chi connectivity index (χ0n) is 15.9. The van der Waals surface area contributed by atoms with Crippen LogP contribution in [0.1, 0.15) is 5.56 Å². The number of nitrogens with zero attached hydrogens (tertiary/aromatic N) is 3. The number of oxazole rings is 1. The molecule has 0 unspecified atom stereocenters. The quantitative estimate of drug-likeness (QED) is 0.702. The summed E-state index contributed by atoms with van der Waals surface area (Å²) in [6.45, 7) is 4.93. The molecular formula is C22H23N3O3. The van der Waals surface area contributed by atoms with Crippen molar-refractivity contribution in [3.8, 4) is 11.3 Å². The van der Waals surface area contributed by atoms with Crippen LogP contribution in [0.5, 0.6) is 0 Å². The second-order valence-corrected chi connectivity index (χ2v) is 7.06. The van der Waals surface area contributed by atoms with Crippen molar-refractivity contribution in [1.82, 2.24) is 9.47 Å². The van der Waals surface area contributed by atoms with Gasteiger partial charge in [0.15, 0.2) is 5.76 Å². The van der Waals surface area contributed by atoms with Crippen LogP contribution in [0.15, 0.2) is 70.0 Å². The summed E-state index contributed by atoms with van der Waals surface area (Å²) in [5, 5.41) is 0. The monoisotopic (exact) mass is 377 g/mol. The average Bonchev–Trinajstić information content (AvgIpc) is 3.09. The van der Waals surface area contributed by atoms with E-state index in [-0.39, 0.29) is 12.5 Å². The van der Waals surface area contributed by atoms with Gasteiger partial charge in [0, 0.05) is 37.4 Å². The van der Waals surface area contributed by atoms with Crippen LogP contribution in [0.4, 0.5) is 5.69 Å². The maximum atomic E-state index is 12.7. The number of hydrogen-bond donors (Lipinski definition) is 0. The van der Waals surface area contributed by atoms with Gasteiger partial charge in [-0.3, -0.25) is 9.36 Å². The predicted octanol–water partition coefficient (Wildman–Crippen LogP) is 2.77. The molecule has 1 aliphatic heterocycles. The van der Waals surface area contributed by atoms with Gasteiger partial charge in [-0.25, -0.2) is 4.79 Å². The number of rotatable bonds is 4. The molecule has 0 atom stereocenters. The van der Waals surface area contributed by atoms with Crippen LogP contribution in [-0.4, -0.2) is 41.6 Å². The average molecular weight is 377 g/mol. The molecule has 1 saturated heterocycles. The topological polar surface area (TPSA) is 58.7 Å². The van der Waals surface area contributed by atoms with Gasteiger partial charge in [0.05, 0.1) is 6.20 Å². The highest BCUT2D eigenvalue weighted by atomic mass is 16.4. The molecule has 4 rings (SSSR count). The standard InChI is InChI=1S/C22H23N3O3/c1-17-6-5-9-19(14-17)23-10-12-24(13-11-23)21(26)16-25-15-20(28-22(25)27)18-7-3-2-4-8-18/h2-9,14-15H,10-13,16H2,1H3. The first-order valence-corrected chi connectivity index (χ1v) is 9.45. The number of benzene rings is 2. The molecule has 0 bridgehead atoms. The van der Waals surface area contributed by atoms with Gasteiger partial charge in [-0.15, -0.1) is 0 Å². The summed E-state index contributed by atoms with van der Waals surface area (Å²) in [5.41, 5.74) is 3.23. The Morgan fingerprint density at radius 3 is 2.46 bits per heavy atom. The van der Waals surface area contributed by atoms with Gasteiger partial charge in [-0.1, -0.05) is 42.5 Å². The van der Waals surface area contributed by atoms with Gasteiger partial charge < -0.3 is 14.2 Å². The van der Waals surface area contributed by atoms with E-state index in [1.165, 1.54) is 15.8 Å². The van der Waals surface area contributed by atoms with Crippen molar-refractivity contribution in [2.75, 3.05) is 31.1 Å². The molecule has 6 heteroatoms. The highest BCUT2D eigenvalue weighted by Gasteiger charge is 2.22. The van der Waals surface area contributed by atoms with Gasteiger partial charge >= 0.3 is 5.76 Å². The third-order valence-corrected chi connectivity index (χ3v) is 5.07. The summed E-state index contributed by atoms with van der Waals surface area (Å²) in [6.07, 6.45) is 1.61. The molecule has 0 radical (unpaired) electrons. The summed E-state index contributed by atoms with van der Waals surface area (Å²) in [6, 6.07) is 17.8. The molecule has 1 fully saturated rings. The molecule has 1 amide bonds. The van der Waals surface area contributed by atoms with Crippen molar-refractivity contribution >= 4 is 11.6 Å². The van der Waals surface area contributed by atoms with Crippen LogP contribution in [0.25, 0.3) is 11.3 Å². The molecule has 3 aromatic rings. The lowest BCUT2D eigenvalue weighted by atomic mass is 10.2. The zero-order chi connectivity index (χ0) is 19.5. The summed E-state index contributed by atoms with van der Waals surface area (Å²) >= 11 is 0. The molecule has 0 saturated carbocycles. The number of carbonyl (C=O) groups excluding carboxylic acids is 1. The third kappa shape index (κ3) is 3.86. The second kappa shape index (κ2) is 7.76. The van der Waals surface area contributed by atoms with Crippen molar-refractivity contribution in [3.05, 3.63) is 76.9 Å². The SMILES string of the molecule is Cc1cccc(N2CCN(C(=O)Cn3cc(-c4ccccc4)oc3=O)CC2)c1. The van der Waals surface area contributed by atoms with E-state index in [0.717, 1.165) is 18.7 Å². The Hall–Kier alpha value is -3.28. The molecule has 2 heterocycles. The molecule has 6 nitrogen and oxygen atoms in total. The Morgan fingerprint density at radius 1 is 1.00 bits per heavy atom. The number of aryl methyl sites for hydroxylation is 1. The predicted molar refractivity (Wildman–Crippen MR) is 108 cm³/mol. The van der Waals surface area contributed by atoms with Gasteiger partial charge in [0.2, 0.25) is 5.91 Å². The van der Waals surface area contributed by atoms with Crippen LogP contribution in [0, 0.1) is 6.92 Å². The lowest BCUT2D eigenvalue weighted by Crippen LogP contribution is -2.50. The normalized spacial score (nSPS) is 14.3. The van der Waals surface area contributed by atoms with E-state index in [9.17, 15) is 9.59 Å². The molecule has 0 aliphatic carbocycles. The largest absolute Gasteiger partial charge is 0.419 e. The Bertz CT molecular complexity index is 1010. The number of hydrogen-bond acceptors (Lipinski definition) is 4. The van der Waals surface area contributed by atoms with Crippen molar-refractivity contribution in [2.24, 2.45) is 0 Å². The fourth-order valence-electron chi connectivity index (χ4n) is 3.50. The van der Waals surface area contributed by atoms with Crippen LogP contribution in [0.2, 0.25) is 0 Å². The van der Waals surface area contributed by atoms with Gasteiger partial charge in [0.1, 0.15) is 6.54 Å². The minimum atomic E-state index is -0.509. The summed E-state index contributed by atoms with van der Waals surface area (Å²) in [7, 11) is 0. The molecule has 1 aromatic heterocycles. The first-order chi connectivity index (χ1) is 13.6. The van der Waals surface area contributed by atoms with E-state index in [4.69, 9.17) is 4.42 Å². The molecule has 144 valence electrons.